The van der Waals surface area contributed by atoms with E-state index in [9.17, 15) is 23.1 Å². The lowest BCUT2D eigenvalue weighted by Gasteiger charge is -2.14. The van der Waals surface area contributed by atoms with E-state index in [4.69, 9.17) is 5.11 Å². The molecule has 1 amide bonds. The second-order valence-corrected chi connectivity index (χ2v) is 7.62. The van der Waals surface area contributed by atoms with E-state index in [0.29, 0.717) is 4.47 Å². The maximum atomic E-state index is 11.9. The average Bonchev–Trinajstić information content (AvgIpc) is 2.32. The normalized spacial score (nSPS) is 12.7. The number of carbonyl (C=O) groups is 2. The number of benzene rings is 1. The number of hydrogen-bond acceptors (Lipinski definition) is 5. The van der Waals surface area contributed by atoms with Gasteiger partial charge in [0, 0.05) is 10.7 Å². The molecule has 0 fully saturated rings. The van der Waals surface area contributed by atoms with E-state index in [-0.39, 0.29) is 23.5 Å². The summed E-state index contributed by atoms with van der Waals surface area (Å²) in [5, 5.41) is 20.8. The number of aromatic hydroxyl groups is 1. The zero-order valence-corrected chi connectivity index (χ0v) is 13.4. The van der Waals surface area contributed by atoms with Crippen molar-refractivity contribution < 1.29 is 28.2 Å². The molecule has 1 atom stereocenters. The zero-order chi connectivity index (χ0) is 16.2. The fourth-order valence-electron chi connectivity index (χ4n) is 1.52. The van der Waals surface area contributed by atoms with Crippen LogP contribution in [-0.4, -0.2) is 48.6 Å². The van der Waals surface area contributed by atoms with Crippen molar-refractivity contribution in [2.45, 2.75) is 12.5 Å². The zero-order valence-electron chi connectivity index (χ0n) is 11.0. The van der Waals surface area contributed by atoms with Gasteiger partial charge in [-0.2, -0.15) is 0 Å². The Labute approximate surface area is 130 Å². The van der Waals surface area contributed by atoms with Crippen LogP contribution in [-0.2, 0) is 14.6 Å². The molecule has 1 aromatic carbocycles. The van der Waals surface area contributed by atoms with Gasteiger partial charge in [0.05, 0.1) is 11.3 Å². The topological polar surface area (TPSA) is 121 Å². The van der Waals surface area contributed by atoms with Crippen molar-refractivity contribution in [2.24, 2.45) is 0 Å². The molecule has 0 spiro atoms. The second-order valence-electron chi connectivity index (χ2n) is 4.44. The van der Waals surface area contributed by atoms with E-state index >= 15 is 0 Å². The van der Waals surface area contributed by atoms with Crippen molar-refractivity contribution in [1.82, 2.24) is 5.32 Å². The van der Waals surface area contributed by atoms with Gasteiger partial charge in [-0.05, 0) is 24.6 Å². The first-order chi connectivity index (χ1) is 9.60. The van der Waals surface area contributed by atoms with E-state index in [2.05, 4.69) is 21.2 Å². The number of phenols is 1. The van der Waals surface area contributed by atoms with Gasteiger partial charge >= 0.3 is 5.97 Å². The van der Waals surface area contributed by atoms with E-state index < -0.39 is 27.8 Å². The van der Waals surface area contributed by atoms with Gasteiger partial charge in [0.1, 0.15) is 21.6 Å². The largest absolute Gasteiger partial charge is 0.507 e. The third-order valence-electron chi connectivity index (χ3n) is 2.59. The monoisotopic (exact) mass is 379 g/mol. The molecule has 3 N–H and O–H groups in total. The average molecular weight is 380 g/mol. The highest BCUT2D eigenvalue weighted by atomic mass is 79.9. The van der Waals surface area contributed by atoms with Crippen LogP contribution < -0.4 is 5.32 Å². The summed E-state index contributed by atoms with van der Waals surface area (Å²) in [6.45, 7) is 0. The van der Waals surface area contributed by atoms with Crippen LogP contribution in [0, 0.1) is 0 Å². The molecule has 21 heavy (non-hydrogen) atoms. The van der Waals surface area contributed by atoms with E-state index in [1.165, 1.54) is 18.2 Å². The number of halogens is 1. The smallest absolute Gasteiger partial charge is 0.326 e. The van der Waals surface area contributed by atoms with Crippen LogP contribution in [0.1, 0.15) is 16.8 Å². The van der Waals surface area contributed by atoms with Gasteiger partial charge in [0.15, 0.2) is 0 Å². The summed E-state index contributed by atoms with van der Waals surface area (Å²) in [5.74, 6) is -2.81. The third kappa shape index (κ3) is 5.72. The summed E-state index contributed by atoms with van der Waals surface area (Å²) < 4.78 is 22.7. The Balaban J connectivity index is 2.84. The van der Waals surface area contributed by atoms with E-state index in [1.54, 1.807) is 0 Å². The summed E-state index contributed by atoms with van der Waals surface area (Å²) >= 11 is 3.11. The molecule has 7 nitrogen and oxygen atoms in total. The molecule has 1 aromatic rings. The summed E-state index contributed by atoms with van der Waals surface area (Å²) in [4.78, 5) is 23.0. The molecule has 0 aliphatic carbocycles. The van der Waals surface area contributed by atoms with Crippen molar-refractivity contribution >= 4 is 37.6 Å². The minimum Gasteiger partial charge on any atom is -0.507 e. The van der Waals surface area contributed by atoms with Crippen LogP contribution >= 0.6 is 15.9 Å². The molecular formula is C12H14BrNO6S. The van der Waals surface area contributed by atoms with Gasteiger partial charge < -0.3 is 15.5 Å². The molecule has 0 saturated carbocycles. The standard InChI is InChI=1S/C12H14BrNO6S/c1-21(19,20)5-4-9(12(17)18)14-11(16)8-3-2-7(13)6-10(8)15/h2-3,6,9,15H,4-5H2,1H3,(H,14,16)(H,17,18). The van der Waals surface area contributed by atoms with Crippen molar-refractivity contribution in [3.05, 3.63) is 28.2 Å². The lowest BCUT2D eigenvalue weighted by Crippen LogP contribution is -2.41. The van der Waals surface area contributed by atoms with Crippen molar-refractivity contribution in [3.63, 3.8) is 0 Å². The van der Waals surface area contributed by atoms with Crippen molar-refractivity contribution in [3.8, 4) is 5.75 Å². The molecule has 0 aromatic heterocycles. The van der Waals surface area contributed by atoms with E-state index in [1.807, 2.05) is 0 Å². The number of nitrogens with one attached hydrogen (secondary N) is 1. The van der Waals surface area contributed by atoms with Gasteiger partial charge in [0.2, 0.25) is 0 Å². The predicted octanol–water partition coefficient (Wildman–Crippen LogP) is 0.772. The third-order valence-corrected chi connectivity index (χ3v) is 4.06. The lowest BCUT2D eigenvalue weighted by atomic mass is 10.1. The van der Waals surface area contributed by atoms with Gasteiger partial charge in [-0.1, -0.05) is 15.9 Å². The highest BCUT2D eigenvalue weighted by Crippen LogP contribution is 2.22. The van der Waals surface area contributed by atoms with Crippen LogP contribution in [0.25, 0.3) is 0 Å². The quantitative estimate of drug-likeness (QED) is 0.671. The van der Waals surface area contributed by atoms with Crippen LogP contribution in [0.3, 0.4) is 0 Å². The maximum absolute atomic E-state index is 11.9. The first kappa shape index (κ1) is 17.4. The Hall–Kier alpha value is -1.61. The van der Waals surface area contributed by atoms with Crippen LogP contribution in [0.5, 0.6) is 5.75 Å². The number of sulfone groups is 1. The number of phenolic OH excluding ortho intramolecular Hbond substituents is 1. The van der Waals surface area contributed by atoms with Crippen molar-refractivity contribution in [2.75, 3.05) is 12.0 Å². The second kappa shape index (κ2) is 6.90. The highest BCUT2D eigenvalue weighted by Gasteiger charge is 2.23. The van der Waals surface area contributed by atoms with Crippen LogP contribution in [0.2, 0.25) is 0 Å². The molecule has 0 aliphatic heterocycles. The van der Waals surface area contributed by atoms with Gasteiger partial charge in [-0.25, -0.2) is 13.2 Å². The molecule has 1 rings (SSSR count). The Bertz CT molecular complexity index is 658. The number of amides is 1. The number of carbonyl (C=O) groups excluding carboxylic acids is 1. The fourth-order valence-corrected chi connectivity index (χ4v) is 2.53. The Morgan fingerprint density at radius 2 is 2.00 bits per heavy atom. The van der Waals surface area contributed by atoms with Crippen molar-refractivity contribution in [1.29, 1.82) is 0 Å². The summed E-state index contributed by atoms with van der Waals surface area (Å²) in [7, 11) is -3.34. The molecule has 0 aliphatic rings. The first-order valence-corrected chi connectivity index (χ1v) is 8.65. The van der Waals surface area contributed by atoms with Crippen LogP contribution in [0.15, 0.2) is 22.7 Å². The SMILES string of the molecule is CS(=O)(=O)CCC(NC(=O)c1ccc(Br)cc1O)C(=O)O. The van der Waals surface area contributed by atoms with Gasteiger partial charge in [-0.3, -0.25) is 4.79 Å². The molecule has 0 saturated heterocycles. The molecule has 9 heteroatoms. The Morgan fingerprint density at radius 1 is 1.38 bits per heavy atom. The number of carboxylic acid groups (broad SMARTS) is 1. The Kier molecular flexibility index (Phi) is 5.73. The predicted molar refractivity (Wildman–Crippen MR) is 79.0 cm³/mol. The lowest BCUT2D eigenvalue weighted by molar-refractivity contribution is -0.139. The molecule has 0 radical (unpaired) electrons. The minimum atomic E-state index is -3.34. The number of carboxylic acids is 1. The molecular weight excluding hydrogens is 366 g/mol. The molecule has 1 unspecified atom stereocenters. The number of aliphatic carboxylic acids is 1. The fraction of sp³-hybridized carbons (Fsp3) is 0.333. The maximum Gasteiger partial charge on any atom is 0.326 e. The van der Waals surface area contributed by atoms with Gasteiger partial charge in [-0.15, -0.1) is 0 Å². The first-order valence-electron chi connectivity index (χ1n) is 5.80. The number of hydrogen-bond donors (Lipinski definition) is 3. The van der Waals surface area contributed by atoms with Crippen LogP contribution in [0.4, 0.5) is 0 Å². The summed E-state index contributed by atoms with van der Waals surface area (Å²) in [6.07, 6.45) is 0.728. The summed E-state index contributed by atoms with van der Waals surface area (Å²) in [6, 6.07) is 2.78. The highest BCUT2D eigenvalue weighted by molar-refractivity contribution is 9.10. The molecule has 0 heterocycles. The molecule has 116 valence electrons. The van der Waals surface area contributed by atoms with Gasteiger partial charge in [0.25, 0.3) is 5.91 Å². The summed E-state index contributed by atoms with van der Waals surface area (Å²) in [5.41, 5.74) is -0.0937. The number of rotatable bonds is 6. The van der Waals surface area contributed by atoms with E-state index in [0.717, 1.165) is 6.26 Å². The molecule has 0 bridgehead atoms. The Morgan fingerprint density at radius 3 is 2.48 bits per heavy atom. The minimum absolute atomic E-state index is 0.0937.